The molecule has 1 aliphatic heterocycles. The summed E-state index contributed by atoms with van der Waals surface area (Å²) in [5, 5.41) is 10.4. The van der Waals surface area contributed by atoms with Crippen LogP contribution in [0, 0.1) is 6.92 Å². The first-order chi connectivity index (χ1) is 8.33. The van der Waals surface area contributed by atoms with E-state index in [0.29, 0.717) is 5.92 Å². The van der Waals surface area contributed by atoms with Gasteiger partial charge < -0.3 is 5.32 Å². The fourth-order valence-corrected chi connectivity index (χ4v) is 2.38. The van der Waals surface area contributed by atoms with E-state index in [1.807, 2.05) is 13.0 Å². The third kappa shape index (κ3) is 2.08. The van der Waals surface area contributed by atoms with Crippen molar-refractivity contribution in [1.82, 2.24) is 20.5 Å². The van der Waals surface area contributed by atoms with Gasteiger partial charge in [-0.2, -0.15) is 5.10 Å². The predicted molar refractivity (Wildman–Crippen MR) is 66.8 cm³/mol. The molecule has 0 saturated carbocycles. The highest BCUT2D eigenvalue weighted by atomic mass is 15.1. The molecule has 1 aliphatic rings. The number of hydrogen-bond donors (Lipinski definition) is 2. The average Bonchev–Trinajstić information content (AvgIpc) is 3.02. The minimum Gasteiger partial charge on any atom is -0.316 e. The predicted octanol–water partition coefficient (Wildman–Crippen LogP) is 1.86. The maximum absolute atomic E-state index is 4.65. The Morgan fingerprint density at radius 3 is 3.00 bits per heavy atom. The van der Waals surface area contributed by atoms with Crippen molar-refractivity contribution < 1.29 is 0 Å². The summed E-state index contributed by atoms with van der Waals surface area (Å²) in [7, 11) is 0. The van der Waals surface area contributed by atoms with Gasteiger partial charge in [0, 0.05) is 35.6 Å². The number of H-pyrrole nitrogens is 1. The molecule has 3 heterocycles. The van der Waals surface area contributed by atoms with E-state index in [9.17, 15) is 0 Å². The Morgan fingerprint density at radius 1 is 1.35 bits per heavy atom. The molecule has 1 saturated heterocycles. The Morgan fingerprint density at radius 2 is 2.29 bits per heavy atom. The number of nitrogens with one attached hydrogen (secondary N) is 2. The third-order valence-corrected chi connectivity index (χ3v) is 3.26. The van der Waals surface area contributed by atoms with Gasteiger partial charge in [0.25, 0.3) is 0 Å². The standard InChI is InChI=1S/C13H16N4/c1-9-6-11(12-3-5-15-17-12)7-13(16-9)10-2-4-14-8-10/h3,5-7,10,14H,2,4,8H2,1H3,(H,15,17). The van der Waals surface area contributed by atoms with Crippen molar-refractivity contribution in [1.29, 1.82) is 0 Å². The molecule has 17 heavy (non-hydrogen) atoms. The minimum absolute atomic E-state index is 0.552. The Kier molecular flexibility index (Phi) is 2.65. The lowest BCUT2D eigenvalue weighted by atomic mass is 10.0. The van der Waals surface area contributed by atoms with Gasteiger partial charge in [-0.15, -0.1) is 0 Å². The maximum Gasteiger partial charge on any atom is 0.0651 e. The Balaban J connectivity index is 2.00. The number of pyridine rings is 1. The van der Waals surface area contributed by atoms with Gasteiger partial charge in [0.15, 0.2) is 0 Å². The highest BCUT2D eigenvalue weighted by Crippen LogP contribution is 2.25. The second-order valence-electron chi connectivity index (χ2n) is 4.58. The van der Waals surface area contributed by atoms with Gasteiger partial charge in [0.2, 0.25) is 0 Å². The number of aromatic nitrogens is 3. The summed E-state index contributed by atoms with van der Waals surface area (Å²) in [6, 6.07) is 6.27. The molecule has 88 valence electrons. The third-order valence-electron chi connectivity index (χ3n) is 3.26. The van der Waals surface area contributed by atoms with Gasteiger partial charge >= 0.3 is 0 Å². The molecule has 2 aromatic rings. The van der Waals surface area contributed by atoms with Crippen molar-refractivity contribution in [2.24, 2.45) is 0 Å². The summed E-state index contributed by atoms with van der Waals surface area (Å²) >= 11 is 0. The Bertz CT molecular complexity index is 498. The zero-order chi connectivity index (χ0) is 11.7. The number of rotatable bonds is 2. The molecule has 4 nitrogen and oxygen atoms in total. The summed E-state index contributed by atoms with van der Waals surface area (Å²) in [4.78, 5) is 4.65. The van der Waals surface area contributed by atoms with E-state index >= 15 is 0 Å². The summed E-state index contributed by atoms with van der Waals surface area (Å²) < 4.78 is 0. The number of aromatic amines is 1. The lowest BCUT2D eigenvalue weighted by Gasteiger charge is -2.10. The van der Waals surface area contributed by atoms with Crippen LogP contribution in [0.15, 0.2) is 24.4 Å². The number of aryl methyl sites for hydroxylation is 1. The highest BCUT2D eigenvalue weighted by Gasteiger charge is 2.18. The van der Waals surface area contributed by atoms with Crippen LogP contribution >= 0.6 is 0 Å². The van der Waals surface area contributed by atoms with Gasteiger partial charge in [-0.1, -0.05) is 0 Å². The van der Waals surface area contributed by atoms with Crippen LogP contribution in [-0.4, -0.2) is 28.3 Å². The molecule has 0 aliphatic carbocycles. The van der Waals surface area contributed by atoms with Crippen LogP contribution in [0.3, 0.4) is 0 Å². The molecule has 0 bridgehead atoms. The summed E-state index contributed by atoms with van der Waals surface area (Å²) in [6.07, 6.45) is 2.96. The summed E-state index contributed by atoms with van der Waals surface area (Å²) in [6.45, 7) is 4.18. The van der Waals surface area contributed by atoms with E-state index < -0.39 is 0 Å². The summed E-state index contributed by atoms with van der Waals surface area (Å²) in [5.74, 6) is 0.552. The van der Waals surface area contributed by atoms with Crippen molar-refractivity contribution >= 4 is 0 Å². The van der Waals surface area contributed by atoms with Crippen molar-refractivity contribution in [3.8, 4) is 11.3 Å². The molecule has 4 heteroatoms. The quantitative estimate of drug-likeness (QED) is 0.825. The summed E-state index contributed by atoms with van der Waals surface area (Å²) in [5.41, 5.74) is 4.50. The second kappa shape index (κ2) is 4.30. The van der Waals surface area contributed by atoms with Gasteiger partial charge in [-0.05, 0) is 38.1 Å². The van der Waals surface area contributed by atoms with E-state index in [1.165, 1.54) is 17.7 Å². The SMILES string of the molecule is Cc1cc(-c2ccn[nH]2)cc(C2CCNC2)n1. The Hall–Kier alpha value is -1.68. The fourth-order valence-electron chi connectivity index (χ4n) is 2.38. The number of hydrogen-bond acceptors (Lipinski definition) is 3. The van der Waals surface area contributed by atoms with Crippen LogP contribution in [0.1, 0.15) is 23.7 Å². The van der Waals surface area contributed by atoms with Gasteiger partial charge in [-0.25, -0.2) is 0 Å². The molecule has 1 fully saturated rings. The van der Waals surface area contributed by atoms with E-state index in [-0.39, 0.29) is 0 Å². The van der Waals surface area contributed by atoms with Crippen LogP contribution < -0.4 is 5.32 Å². The second-order valence-corrected chi connectivity index (χ2v) is 4.58. The molecule has 1 unspecified atom stereocenters. The smallest absolute Gasteiger partial charge is 0.0651 e. The normalized spacial score (nSPS) is 19.7. The maximum atomic E-state index is 4.65. The molecule has 0 aromatic carbocycles. The van der Waals surface area contributed by atoms with Crippen molar-refractivity contribution in [3.05, 3.63) is 35.8 Å². The highest BCUT2D eigenvalue weighted by molar-refractivity contribution is 5.59. The first-order valence-corrected chi connectivity index (χ1v) is 6.02. The average molecular weight is 228 g/mol. The molecule has 2 N–H and O–H groups in total. The van der Waals surface area contributed by atoms with Crippen molar-refractivity contribution in [3.63, 3.8) is 0 Å². The lowest BCUT2D eigenvalue weighted by Crippen LogP contribution is -2.09. The molecule has 1 atom stereocenters. The molecule has 0 radical (unpaired) electrons. The van der Waals surface area contributed by atoms with Crippen LogP contribution in [-0.2, 0) is 0 Å². The minimum atomic E-state index is 0.552. The monoisotopic (exact) mass is 228 g/mol. The van der Waals surface area contributed by atoms with E-state index in [2.05, 4.69) is 32.6 Å². The first kappa shape index (κ1) is 10.5. The molecule has 3 rings (SSSR count). The zero-order valence-electron chi connectivity index (χ0n) is 9.90. The van der Waals surface area contributed by atoms with E-state index in [1.54, 1.807) is 6.20 Å². The molecular formula is C13H16N4. The Labute approximate surface area is 100 Å². The van der Waals surface area contributed by atoms with Gasteiger partial charge in [0.05, 0.1) is 5.69 Å². The zero-order valence-corrected chi connectivity index (χ0v) is 9.90. The van der Waals surface area contributed by atoms with Gasteiger partial charge in [-0.3, -0.25) is 10.1 Å². The first-order valence-electron chi connectivity index (χ1n) is 6.02. The van der Waals surface area contributed by atoms with Crippen LogP contribution in [0.25, 0.3) is 11.3 Å². The molecule has 2 aromatic heterocycles. The van der Waals surface area contributed by atoms with Gasteiger partial charge in [0.1, 0.15) is 0 Å². The topological polar surface area (TPSA) is 53.6 Å². The van der Waals surface area contributed by atoms with Crippen molar-refractivity contribution in [2.75, 3.05) is 13.1 Å². The molecule has 0 spiro atoms. The molecular weight excluding hydrogens is 212 g/mol. The van der Waals surface area contributed by atoms with Crippen LogP contribution in [0.4, 0.5) is 0 Å². The van der Waals surface area contributed by atoms with E-state index in [4.69, 9.17) is 0 Å². The number of nitrogens with zero attached hydrogens (tertiary/aromatic N) is 2. The lowest BCUT2D eigenvalue weighted by molar-refractivity contribution is 0.731. The van der Waals surface area contributed by atoms with Crippen LogP contribution in [0.2, 0.25) is 0 Å². The van der Waals surface area contributed by atoms with Crippen LogP contribution in [0.5, 0.6) is 0 Å². The largest absolute Gasteiger partial charge is 0.316 e. The van der Waals surface area contributed by atoms with Crippen molar-refractivity contribution in [2.45, 2.75) is 19.3 Å². The van der Waals surface area contributed by atoms with E-state index in [0.717, 1.165) is 24.5 Å². The fraction of sp³-hybridized carbons (Fsp3) is 0.385. The molecule has 0 amide bonds.